The zero-order valence-corrected chi connectivity index (χ0v) is 19.3. The second kappa shape index (κ2) is 9.99. The molecule has 0 aliphatic heterocycles. The third kappa shape index (κ3) is 4.41. The number of unbranched alkanes of at least 4 members (excludes halogenated alkanes) is 1. The first-order valence-corrected chi connectivity index (χ1v) is 11.7. The molecule has 0 radical (unpaired) electrons. The molecule has 2 aromatic heterocycles. The molecule has 8 heteroatoms. The van der Waals surface area contributed by atoms with Gasteiger partial charge in [-0.1, -0.05) is 55.8 Å². The second-order valence-electron chi connectivity index (χ2n) is 7.28. The number of esters is 1. The lowest BCUT2D eigenvalue weighted by Crippen LogP contribution is -2.21. The van der Waals surface area contributed by atoms with E-state index in [0.29, 0.717) is 35.4 Å². The molecule has 1 atom stereocenters. The van der Waals surface area contributed by atoms with Gasteiger partial charge < -0.3 is 9.47 Å². The molecule has 4 aromatic rings. The first-order valence-electron chi connectivity index (χ1n) is 10.8. The van der Waals surface area contributed by atoms with E-state index in [4.69, 9.17) is 24.5 Å². The summed E-state index contributed by atoms with van der Waals surface area (Å²) in [4.78, 5) is 22.3. The number of hydrogen-bond donors (Lipinski definition) is 0. The molecule has 2 heterocycles. The third-order valence-corrected chi connectivity index (χ3v) is 6.30. The van der Waals surface area contributed by atoms with Crippen LogP contribution in [0, 0.1) is 0 Å². The number of fused-ring (bicyclic) bond motifs is 3. The number of ether oxygens (including phenoxy) is 2. The molecule has 0 aliphatic carbocycles. The molecule has 32 heavy (non-hydrogen) atoms. The van der Waals surface area contributed by atoms with Crippen LogP contribution < -0.4 is 4.74 Å². The number of benzene rings is 2. The molecule has 166 valence electrons. The minimum absolute atomic E-state index is 0.223. The van der Waals surface area contributed by atoms with Gasteiger partial charge in [0.05, 0.1) is 24.8 Å². The van der Waals surface area contributed by atoms with Crippen molar-refractivity contribution in [2.75, 3.05) is 13.7 Å². The van der Waals surface area contributed by atoms with Crippen molar-refractivity contribution < 1.29 is 14.3 Å². The summed E-state index contributed by atoms with van der Waals surface area (Å²) in [5.74, 6) is 1.02. The Morgan fingerprint density at radius 3 is 2.66 bits per heavy atom. The molecule has 0 saturated carbocycles. The number of para-hydroxylation sites is 2. The van der Waals surface area contributed by atoms with Crippen molar-refractivity contribution in [2.45, 2.75) is 43.5 Å². The average Bonchev–Trinajstić information content (AvgIpc) is 3.27. The summed E-state index contributed by atoms with van der Waals surface area (Å²) >= 11 is 1.38. The molecule has 0 amide bonds. The van der Waals surface area contributed by atoms with Crippen LogP contribution in [0.15, 0.2) is 53.7 Å². The summed E-state index contributed by atoms with van der Waals surface area (Å²) in [5, 5.41) is 5.92. The van der Waals surface area contributed by atoms with Crippen LogP contribution in [0.5, 0.6) is 5.75 Å². The molecule has 0 aliphatic rings. The van der Waals surface area contributed by atoms with Crippen LogP contribution in [-0.4, -0.2) is 44.5 Å². The van der Waals surface area contributed by atoms with Gasteiger partial charge in [-0.05, 0) is 37.6 Å². The third-order valence-electron chi connectivity index (χ3n) is 5.11. The highest BCUT2D eigenvalue weighted by molar-refractivity contribution is 8.00. The van der Waals surface area contributed by atoms with Crippen LogP contribution >= 0.6 is 11.8 Å². The smallest absolute Gasteiger partial charge is 0.319 e. The van der Waals surface area contributed by atoms with Crippen LogP contribution in [-0.2, 0) is 9.53 Å². The Balaban J connectivity index is 1.85. The minimum atomic E-state index is -0.356. The monoisotopic (exact) mass is 450 g/mol. The van der Waals surface area contributed by atoms with E-state index in [9.17, 15) is 4.79 Å². The number of carbonyl (C=O) groups excluding carboxylic acids is 1. The van der Waals surface area contributed by atoms with Gasteiger partial charge in [0.25, 0.3) is 0 Å². The highest BCUT2D eigenvalue weighted by Gasteiger charge is 2.25. The van der Waals surface area contributed by atoms with Gasteiger partial charge in [-0.15, -0.1) is 5.10 Å². The molecule has 0 spiro atoms. The van der Waals surface area contributed by atoms with Crippen molar-refractivity contribution in [1.29, 1.82) is 0 Å². The van der Waals surface area contributed by atoms with Crippen LogP contribution in [0.4, 0.5) is 0 Å². The van der Waals surface area contributed by atoms with E-state index in [0.717, 1.165) is 29.3 Å². The molecule has 4 rings (SSSR count). The van der Waals surface area contributed by atoms with Gasteiger partial charge in [-0.2, -0.15) is 4.52 Å². The number of aromatic nitrogens is 4. The Morgan fingerprint density at radius 1 is 1.09 bits per heavy atom. The molecule has 0 N–H and O–H groups in total. The number of methoxy groups -OCH3 is 1. The Hall–Kier alpha value is -3.13. The topological polar surface area (TPSA) is 78.6 Å². The van der Waals surface area contributed by atoms with Gasteiger partial charge in [0.2, 0.25) is 0 Å². The van der Waals surface area contributed by atoms with Crippen LogP contribution in [0.2, 0.25) is 0 Å². The maximum atomic E-state index is 12.6. The van der Waals surface area contributed by atoms with E-state index in [1.807, 2.05) is 55.5 Å². The van der Waals surface area contributed by atoms with Crippen LogP contribution in [0.25, 0.3) is 27.9 Å². The van der Waals surface area contributed by atoms with E-state index < -0.39 is 0 Å². The Morgan fingerprint density at radius 2 is 1.88 bits per heavy atom. The molecule has 0 unspecified atom stereocenters. The number of thioether (sulfide) groups is 1. The van der Waals surface area contributed by atoms with Crippen LogP contribution in [0.3, 0.4) is 0 Å². The van der Waals surface area contributed by atoms with Crippen molar-refractivity contribution in [3.05, 3.63) is 48.5 Å². The molecule has 7 nitrogen and oxygen atoms in total. The van der Waals surface area contributed by atoms with Crippen molar-refractivity contribution >= 4 is 34.3 Å². The van der Waals surface area contributed by atoms with Gasteiger partial charge >= 0.3 is 5.97 Å². The Kier molecular flexibility index (Phi) is 6.90. The lowest BCUT2D eigenvalue weighted by Gasteiger charge is -2.15. The zero-order chi connectivity index (χ0) is 22.5. The summed E-state index contributed by atoms with van der Waals surface area (Å²) < 4.78 is 12.6. The quantitative estimate of drug-likeness (QED) is 0.198. The Labute approximate surface area is 191 Å². The van der Waals surface area contributed by atoms with E-state index in [1.165, 1.54) is 11.8 Å². The summed E-state index contributed by atoms with van der Waals surface area (Å²) in [6.07, 6.45) is 2.64. The normalized spacial score (nSPS) is 12.2. The van der Waals surface area contributed by atoms with Crippen molar-refractivity contribution in [2.24, 2.45) is 0 Å². The standard InChI is InChI=1S/C24H26N4O3S/c1-4-6-15-20(23(29)31-5-2)32-24-25-18-13-9-7-11-16(18)22-26-21(27-28(22)24)17-12-8-10-14-19(17)30-3/h7-14,20H,4-6,15H2,1-3H3/t20-/m0/s1. The van der Waals surface area contributed by atoms with Gasteiger partial charge in [-0.25, -0.2) is 9.97 Å². The van der Waals surface area contributed by atoms with E-state index >= 15 is 0 Å². The van der Waals surface area contributed by atoms with E-state index in [-0.39, 0.29) is 11.2 Å². The number of carbonyl (C=O) groups is 1. The van der Waals surface area contributed by atoms with Gasteiger partial charge in [0.1, 0.15) is 11.0 Å². The fourth-order valence-electron chi connectivity index (χ4n) is 3.53. The van der Waals surface area contributed by atoms with Crippen molar-refractivity contribution in [1.82, 2.24) is 19.6 Å². The number of nitrogens with zero attached hydrogens (tertiary/aromatic N) is 4. The maximum Gasteiger partial charge on any atom is 0.319 e. The summed E-state index contributed by atoms with van der Waals surface area (Å²) in [5.41, 5.74) is 2.29. The van der Waals surface area contributed by atoms with Gasteiger partial charge in [0.15, 0.2) is 16.6 Å². The first-order chi connectivity index (χ1) is 15.7. The fourth-order valence-corrected chi connectivity index (χ4v) is 4.61. The average molecular weight is 451 g/mol. The molecule has 0 bridgehead atoms. The highest BCUT2D eigenvalue weighted by Crippen LogP contribution is 2.32. The largest absolute Gasteiger partial charge is 0.496 e. The minimum Gasteiger partial charge on any atom is -0.496 e. The number of rotatable bonds is 9. The fraction of sp³-hybridized carbons (Fsp3) is 0.333. The lowest BCUT2D eigenvalue weighted by molar-refractivity contribution is -0.142. The maximum absolute atomic E-state index is 12.6. The Bertz CT molecular complexity index is 1240. The van der Waals surface area contributed by atoms with Crippen molar-refractivity contribution in [3.63, 3.8) is 0 Å². The molecular weight excluding hydrogens is 424 g/mol. The van der Waals surface area contributed by atoms with Crippen molar-refractivity contribution in [3.8, 4) is 17.1 Å². The number of hydrogen-bond acceptors (Lipinski definition) is 7. The highest BCUT2D eigenvalue weighted by atomic mass is 32.2. The van der Waals surface area contributed by atoms with E-state index in [2.05, 4.69) is 6.92 Å². The summed E-state index contributed by atoms with van der Waals surface area (Å²) in [6, 6.07) is 15.5. The molecular formula is C24H26N4O3S. The van der Waals surface area contributed by atoms with Gasteiger partial charge in [0, 0.05) is 5.39 Å². The molecule has 0 saturated heterocycles. The second-order valence-corrected chi connectivity index (χ2v) is 8.45. The summed E-state index contributed by atoms with van der Waals surface area (Å²) in [6.45, 7) is 4.28. The molecule has 2 aromatic carbocycles. The first kappa shape index (κ1) is 22.1. The molecule has 0 fully saturated rings. The van der Waals surface area contributed by atoms with Crippen LogP contribution in [0.1, 0.15) is 33.1 Å². The lowest BCUT2D eigenvalue weighted by atomic mass is 10.2. The zero-order valence-electron chi connectivity index (χ0n) is 18.4. The van der Waals surface area contributed by atoms with E-state index in [1.54, 1.807) is 11.6 Å². The van der Waals surface area contributed by atoms with Gasteiger partial charge in [-0.3, -0.25) is 4.79 Å². The predicted octanol–water partition coefficient (Wildman–Crippen LogP) is 5.17. The predicted molar refractivity (Wildman–Crippen MR) is 126 cm³/mol. The summed E-state index contributed by atoms with van der Waals surface area (Å²) in [7, 11) is 1.63. The SMILES string of the molecule is CCCC[C@H](Sc1nc2ccccc2c2nc(-c3ccccc3OC)nn12)C(=O)OCC.